The second-order valence-electron chi connectivity index (χ2n) is 9.37. The molecular weight excluding hydrogens is 392 g/mol. The largest absolute Gasteiger partial charge is 0.253 e. The molecule has 0 aliphatic carbocycles. The Morgan fingerprint density at radius 3 is 2.15 bits per heavy atom. The number of hydrogen-bond donors (Lipinski definition) is 0. The van der Waals surface area contributed by atoms with Crippen molar-refractivity contribution in [2.45, 2.75) is 77.6 Å². The first-order chi connectivity index (χ1) is 12.5. The Balaban J connectivity index is 1.73. The van der Waals surface area contributed by atoms with Crippen LogP contribution in [0.4, 0.5) is 0 Å². The van der Waals surface area contributed by atoms with Gasteiger partial charge in [-0.1, -0.05) is 48.5 Å². The fourth-order valence-corrected chi connectivity index (χ4v) is 5.97. The van der Waals surface area contributed by atoms with Gasteiger partial charge in [0.05, 0.1) is 10.5 Å². The summed E-state index contributed by atoms with van der Waals surface area (Å²) in [5.74, 6) is 0. The lowest BCUT2D eigenvalue weighted by molar-refractivity contribution is 0.514. The van der Waals surface area contributed by atoms with Gasteiger partial charge in [-0.2, -0.15) is 0 Å². The highest BCUT2D eigenvalue weighted by molar-refractivity contribution is 7.12. The first kappa shape index (κ1) is 20.6. The zero-order valence-electron chi connectivity index (χ0n) is 17.2. The van der Waals surface area contributed by atoms with Crippen molar-refractivity contribution in [3.63, 3.8) is 0 Å². The van der Waals surface area contributed by atoms with E-state index >= 15 is 0 Å². The van der Waals surface area contributed by atoms with Crippen LogP contribution in [-0.4, -0.2) is 20.2 Å². The lowest BCUT2D eigenvalue weighted by Gasteiger charge is -2.22. The topological polar surface area (TPSA) is 51.6 Å². The highest BCUT2D eigenvalue weighted by Gasteiger charge is 2.30. The summed E-state index contributed by atoms with van der Waals surface area (Å²) in [6.45, 7) is 15.6. The zero-order valence-corrected chi connectivity index (χ0v) is 19.6. The Bertz CT molecular complexity index is 883. The second-order valence-corrected chi connectivity index (χ2v) is 12.4. The average molecular weight is 421 g/mol. The van der Waals surface area contributed by atoms with E-state index in [2.05, 4.69) is 63.6 Å². The van der Waals surface area contributed by atoms with Crippen molar-refractivity contribution in [2.24, 2.45) is 0 Å². The lowest BCUT2D eigenvalue weighted by Crippen LogP contribution is -2.20. The third-order valence-electron chi connectivity index (χ3n) is 4.55. The molecule has 0 atom stereocenters. The van der Waals surface area contributed by atoms with Crippen molar-refractivity contribution in [2.75, 3.05) is 0 Å². The quantitative estimate of drug-likeness (QED) is 0.506. The molecule has 3 aromatic heterocycles. The van der Waals surface area contributed by atoms with Gasteiger partial charge in [-0.15, -0.1) is 44.2 Å². The van der Waals surface area contributed by atoms with Crippen LogP contribution in [0.25, 0.3) is 0 Å². The molecule has 3 aromatic rings. The van der Waals surface area contributed by atoms with Crippen molar-refractivity contribution in [3.05, 3.63) is 42.7 Å². The summed E-state index contributed by atoms with van der Waals surface area (Å²) in [7, 11) is 0. The van der Waals surface area contributed by atoms with Gasteiger partial charge in [0.15, 0.2) is 0 Å². The molecule has 4 nitrogen and oxygen atoms in total. The molecule has 0 amide bonds. The third-order valence-corrected chi connectivity index (χ3v) is 8.40. The molecule has 0 aliphatic heterocycles. The molecule has 0 saturated carbocycles. The minimum atomic E-state index is -0.0494. The minimum absolute atomic E-state index is 0.0494. The van der Waals surface area contributed by atoms with Gasteiger partial charge in [-0.3, -0.25) is 4.98 Å². The number of nitrogens with zero attached hydrogens (tertiary/aromatic N) is 4. The van der Waals surface area contributed by atoms with Crippen molar-refractivity contribution < 1.29 is 0 Å². The Morgan fingerprint density at radius 1 is 0.815 bits per heavy atom. The summed E-state index contributed by atoms with van der Waals surface area (Å²) in [6, 6.07) is 0. The van der Waals surface area contributed by atoms with Crippen LogP contribution in [0.15, 0.2) is 17.9 Å². The summed E-state index contributed by atoms with van der Waals surface area (Å²) in [6.07, 6.45) is 5.88. The Morgan fingerprint density at radius 2 is 1.56 bits per heavy atom. The van der Waals surface area contributed by atoms with E-state index in [-0.39, 0.29) is 16.2 Å². The highest BCUT2D eigenvalue weighted by Crippen LogP contribution is 2.36. The lowest BCUT2D eigenvalue weighted by atomic mass is 9.87. The smallest absolute Gasteiger partial charge is 0.122 e. The first-order valence-electron chi connectivity index (χ1n) is 9.14. The fourth-order valence-electron chi connectivity index (χ4n) is 2.86. The molecule has 0 unspecified atom stereocenters. The summed E-state index contributed by atoms with van der Waals surface area (Å²) in [4.78, 5) is 11.6. The van der Waals surface area contributed by atoms with Crippen molar-refractivity contribution in [1.82, 2.24) is 20.2 Å². The van der Waals surface area contributed by atoms with Crippen LogP contribution in [0.5, 0.6) is 0 Å². The summed E-state index contributed by atoms with van der Waals surface area (Å²) in [5.41, 5.74) is 1.99. The van der Waals surface area contributed by atoms with E-state index in [0.29, 0.717) is 0 Å². The first-order valence-corrected chi connectivity index (χ1v) is 11.7. The van der Waals surface area contributed by atoms with Gasteiger partial charge in [-0.05, 0) is 6.42 Å². The maximum atomic E-state index is 4.77. The van der Waals surface area contributed by atoms with Gasteiger partial charge in [0.2, 0.25) is 0 Å². The van der Waals surface area contributed by atoms with E-state index in [9.17, 15) is 0 Å². The molecule has 0 aromatic carbocycles. The van der Waals surface area contributed by atoms with Gasteiger partial charge >= 0.3 is 0 Å². The summed E-state index contributed by atoms with van der Waals surface area (Å²) < 4.78 is 0. The van der Waals surface area contributed by atoms with Crippen LogP contribution in [0.1, 0.15) is 73.2 Å². The predicted molar refractivity (Wildman–Crippen MR) is 116 cm³/mol. The molecule has 0 radical (unpaired) electrons. The molecule has 0 saturated heterocycles. The number of thiazole rings is 2. The fraction of sp³-hybridized carbons (Fsp3) is 0.600. The molecular formula is C20H28N4S3. The van der Waals surface area contributed by atoms with Gasteiger partial charge in [0.25, 0.3) is 0 Å². The molecule has 27 heavy (non-hydrogen) atoms. The van der Waals surface area contributed by atoms with E-state index in [4.69, 9.17) is 4.98 Å². The molecule has 0 fully saturated rings. The van der Waals surface area contributed by atoms with Gasteiger partial charge in [-0.25, -0.2) is 4.98 Å². The standard InChI is InChI=1S/C20H28N4S3/c1-18(2,3)16-24-23-15(27-16)9-20(6,7)17-22-10-13(26-17)8-19(4,5)14-11-21-12-25-14/h10-12H,8-9H2,1-7H3. The van der Waals surface area contributed by atoms with E-state index in [1.54, 1.807) is 22.7 Å². The van der Waals surface area contributed by atoms with Crippen molar-refractivity contribution >= 4 is 34.0 Å². The molecule has 146 valence electrons. The average Bonchev–Trinajstić information content (AvgIpc) is 3.27. The SMILES string of the molecule is CC(C)(C)c1nnc(CC(C)(C)c2ncc(CC(C)(C)c3cncs3)s2)s1. The summed E-state index contributed by atoms with van der Waals surface area (Å²) >= 11 is 5.28. The third kappa shape index (κ3) is 4.81. The maximum absolute atomic E-state index is 4.77. The van der Waals surface area contributed by atoms with E-state index in [0.717, 1.165) is 22.9 Å². The van der Waals surface area contributed by atoms with Crippen LogP contribution in [0.2, 0.25) is 0 Å². The predicted octanol–water partition coefficient (Wildman–Crippen LogP) is 5.79. The van der Waals surface area contributed by atoms with E-state index in [1.165, 1.54) is 14.8 Å². The number of rotatable bonds is 6. The second kappa shape index (κ2) is 7.33. The van der Waals surface area contributed by atoms with Crippen molar-refractivity contribution in [3.8, 4) is 0 Å². The van der Waals surface area contributed by atoms with Gasteiger partial charge in [0, 0.05) is 44.8 Å². The van der Waals surface area contributed by atoms with Crippen LogP contribution in [-0.2, 0) is 29.1 Å². The molecule has 0 bridgehead atoms. The Kier molecular flexibility index (Phi) is 5.58. The van der Waals surface area contributed by atoms with Crippen LogP contribution < -0.4 is 0 Å². The summed E-state index contributed by atoms with van der Waals surface area (Å²) in [5, 5.41) is 12.2. The van der Waals surface area contributed by atoms with E-state index in [1.807, 2.05) is 29.2 Å². The number of aromatic nitrogens is 4. The molecule has 0 aliphatic rings. The number of hydrogen-bond acceptors (Lipinski definition) is 7. The van der Waals surface area contributed by atoms with E-state index < -0.39 is 0 Å². The molecule has 0 spiro atoms. The van der Waals surface area contributed by atoms with Crippen LogP contribution in [0.3, 0.4) is 0 Å². The molecule has 0 N–H and O–H groups in total. The van der Waals surface area contributed by atoms with Crippen LogP contribution in [0, 0.1) is 0 Å². The van der Waals surface area contributed by atoms with Gasteiger partial charge in [0.1, 0.15) is 10.0 Å². The van der Waals surface area contributed by atoms with Crippen LogP contribution >= 0.6 is 34.0 Å². The van der Waals surface area contributed by atoms with Gasteiger partial charge < -0.3 is 0 Å². The molecule has 3 heterocycles. The maximum Gasteiger partial charge on any atom is 0.122 e. The normalized spacial score (nSPS) is 13.3. The monoisotopic (exact) mass is 420 g/mol. The molecule has 3 rings (SSSR count). The molecule has 7 heteroatoms. The highest BCUT2D eigenvalue weighted by atomic mass is 32.1. The minimum Gasteiger partial charge on any atom is -0.253 e. The Hall–Kier alpha value is -1.18. The zero-order chi connectivity index (χ0) is 19.9. The van der Waals surface area contributed by atoms with Crippen molar-refractivity contribution in [1.29, 1.82) is 0 Å². The Labute approximate surface area is 174 Å².